The topological polar surface area (TPSA) is 71.5 Å². The Balaban J connectivity index is 2.60. The van der Waals surface area contributed by atoms with Crippen LogP contribution in [-0.4, -0.2) is 25.3 Å². The summed E-state index contributed by atoms with van der Waals surface area (Å²) in [6, 6.07) is 4.37. The summed E-state index contributed by atoms with van der Waals surface area (Å²) in [6.07, 6.45) is -0.0409. The van der Waals surface area contributed by atoms with Gasteiger partial charge < -0.3 is 0 Å². The molecule has 0 spiro atoms. The molecule has 2 rings (SSSR count). The molecule has 96 valence electrons. The Morgan fingerprint density at radius 3 is 2.56 bits per heavy atom. The van der Waals surface area contributed by atoms with Crippen molar-refractivity contribution in [2.45, 2.75) is 13.3 Å². The van der Waals surface area contributed by atoms with Crippen molar-refractivity contribution in [3.05, 3.63) is 29.3 Å². The van der Waals surface area contributed by atoms with Crippen molar-refractivity contribution in [2.75, 3.05) is 10.1 Å². The summed E-state index contributed by atoms with van der Waals surface area (Å²) in [6.45, 7) is 1.67. The van der Waals surface area contributed by atoms with Gasteiger partial charge in [-0.25, -0.2) is 12.7 Å². The summed E-state index contributed by atoms with van der Waals surface area (Å²) in [7, 11) is -3.62. The van der Waals surface area contributed by atoms with Crippen LogP contribution < -0.4 is 4.31 Å². The summed E-state index contributed by atoms with van der Waals surface area (Å²) >= 11 is 5.35. The first-order valence-corrected chi connectivity index (χ1v) is 7.18. The monoisotopic (exact) mass is 287 g/mol. The van der Waals surface area contributed by atoms with Gasteiger partial charge >= 0.3 is 0 Å². The molecule has 7 heteroatoms. The van der Waals surface area contributed by atoms with E-state index in [0.717, 1.165) is 4.31 Å². The lowest BCUT2D eigenvalue weighted by Gasteiger charge is -2.17. The average molecular weight is 288 g/mol. The van der Waals surface area contributed by atoms with Gasteiger partial charge in [-0.1, -0.05) is 6.07 Å². The third kappa shape index (κ3) is 2.13. The number of carbonyl (C=O) groups excluding carboxylic acids is 2. The third-order valence-corrected chi connectivity index (χ3v) is 4.63. The fraction of sp³-hybridized carbons (Fsp3) is 0.273. The van der Waals surface area contributed by atoms with Gasteiger partial charge in [0, 0.05) is 12.0 Å². The smallest absolute Gasteiger partial charge is 0.252 e. The molecule has 1 aliphatic rings. The molecule has 0 N–H and O–H groups in total. The van der Waals surface area contributed by atoms with Crippen LogP contribution in [0.5, 0.6) is 0 Å². The molecule has 1 aromatic rings. The van der Waals surface area contributed by atoms with Crippen LogP contribution in [0.25, 0.3) is 0 Å². The van der Waals surface area contributed by atoms with Crippen molar-refractivity contribution in [1.82, 2.24) is 0 Å². The zero-order chi connectivity index (χ0) is 13.5. The number of rotatable bonds is 2. The van der Waals surface area contributed by atoms with Gasteiger partial charge in [0.2, 0.25) is 15.9 Å². The number of anilines is 1. The van der Waals surface area contributed by atoms with Crippen LogP contribution in [0.1, 0.15) is 22.3 Å². The number of halogens is 1. The molecule has 1 aromatic carbocycles. The van der Waals surface area contributed by atoms with E-state index in [2.05, 4.69) is 0 Å². The highest BCUT2D eigenvalue weighted by molar-refractivity contribution is 7.94. The summed E-state index contributed by atoms with van der Waals surface area (Å²) in [5, 5.41) is -0.694. The molecule has 0 aliphatic carbocycles. The standard InChI is InChI=1S/C11H10ClNO4S/c1-7-2-3-8(11(12)15)6-9(7)13-10(14)4-5-18(13,16)17/h2-3,6H,4-5H2,1H3. The van der Waals surface area contributed by atoms with E-state index in [-0.39, 0.29) is 23.4 Å². The molecule has 1 aliphatic heterocycles. The normalized spacial score (nSPS) is 18.1. The lowest BCUT2D eigenvalue weighted by Crippen LogP contribution is -2.30. The second-order valence-corrected chi connectivity index (χ2v) is 6.28. The van der Waals surface area contributed by atoms with E-state index in [1.807, 2.05) is 0 Å². The van der Waals surface area contributed by atoms with Crippen molar-refractivity contribution in [3.8, 4) is 0 Å². The molecule has 0 atom stereocenters. The maximum Gasteiger partial charge on any atom is 0.252 e. The van der Waals surface area contributed by atoms with Gasteiger partial charge in [0.25, 0.3) is 5.24 Å². The molecule has 0 bridgehead atoms. The lowest BCUT2D eigenvalue weighted by molar-refractivity contribution is -0.116. The molecular weight excluding hydrogens is 278 g/mol. The number of benzene rings is 1. The van der Waals surface area contributed by atoms with E-state index >= 15 is 0 Å². The molecule has 1 amide bonds. The second kappa shape index (κ2) is 4.37. The summed E-state index contributed by atoms with van der Waals surface area (Å²) in [5.41, 5.74) is 0.951. The van der Waals surface area contributed by atoms with Crippen LogP contribution in [0.15, 0.2) is 18.2 Å². The lowest BCUT2D eigenvalue weighted by atomic mass is 10.1. The van der Waals surface area contributed by atoms with Crippen LogP contribution in [-0.2, 0) is 14.8 Å². The Morgan fingerprint density at radius 1 is 1.39 bits per heavy atom. The first kappa shape index (κ1) is 13.0. The second-order valence-electron chi connectivity index (χ2n) is 4.00. The molecule has 0 aromatic heterocycles. The van der Waals surface area contributed by atoms with Crippen molar-refractivity contribution in [1.29, 1.82) is 0 Å². The van der Waals surface area contributed by atoms with Gasteiger partial charge in [-0.05, 0) is 36.2 Å². The van der Waals surface area contributed by atoms with Crippen molar-refractivity contribution in [2.24, 2.45) is 0 Å². The van der Waals surface area contributed by atoms with Gasteiger partial charge in [-0.15, -0.1) is 0 Å². The van der Waals surface area contributed by atoms with Crippen LogP contribution in [0.2, 0.25) is 0 Å². The molecule has 0 saturated carbocycles. The highest BCUT2D eigenvalue weighted by atomic mass is 35.5. The van der Waals surface area contributed by atoms with Crippen LogP contribution >= 0.6 is 11.6 Å². The number of sulfonamides is 1. The molecule has 0 unspecified atom stereocenters. The Kier molecular flexibility index (Phi) is 3.16. The van der Waals surface area contributed by atoms with E-state index in [4.69, 9.17) is 11.6 Å². The van der Waals surface area contributed by atoms with E-state index in [9.17, 15) is 18.0 Å². The zero-order valence-electron chi connectivity index (χ0n) is 9.51. The fourth-order valence-corrected chi connectivity index (χ4v) is 3.43. The Bertz CT molecular complexity index is 638. The van der Waals surface area contributed by atoms with Gasteiger partial charge in [0.1, 0.15) is 0 Å². The van der Waals surface area contributed by atoms with Crippen LogP contribution in [0.4, 0.5) is 5.69 Å². The predicted molar refractivity (Wildman–Crippen MR) is 67.3 cm³/mol. The van der Waals surface area contributed by atoms with Gasteiger partial charge in [-0.2, -0.15) is 0 Å². The summed E-state index contributed by atoms with van der Waals surface area (Å²) in [4.78, 5) is 22.7. The van der Waals surface area contributed by atoms with E-state index in [1.54, 1.807) is 13.0 Å². The highest BCUT2D eigenvalue weighted by Crippen LogP contribution is 2.29. The minimum absolute atomic E-state index is 0.0409. The Morgan fingerprint density at radius 2 is 2.06 bits per heavy atom. The Hall–Kier alpha value is -1.40. The first-order valence-electron chi connectivity index (χ1n) is 5.19. The number of amides is 1. The fourth-order valence-electron chi connectivity index (χ4n) is 1.80. The van der Waals surface area contributed by atoms with Crippen molar-refractivity contribution >= 4 is 38.5 Å². The van der Waals surface area contributed by atoms with Gasteiger partial charge in [0.05, 0.1) is 11.4 Å². The minimum atomic E-state index is -3.62. The molecule has 0 radical (unpaired) electrons. The summed E-state index contributed by atoms with van der Waals surface area (Å²) < 4.78 is 24.3. The molecule has 5 nitrogen and oxygen atoms in total. The van der Waals surface area contributed by atoms with E-state index in [0.29, 0.717) is 5.56 Å². The van der Waals surface area contributed by atoms with Crippen LogP contribution in [0.3, 0.4) is 0 Å². The highest BCUT2D eigenvalue weighted by Gasteiger charge is 2.37. The number of aryl methyl sites for hydroxylation is 1. The van der Waals surface area contributed by atoms with E-state index in [1.165, 1.54) is 12.1 Å². The van der Waals surface area contributed by atoms with Gasteiger partial charge in [0.15, 0.2) is 0 Å². The average Bonchev–Trinajstić information content (AvgIpc) is 2.54. The molecule has 1 heterocycles. The minimum Gasteiger partial charge on any atom is -0.276 e. The number of hydrogen-bond acceptors (Lipinski definition) is 4. The number of hydrogen-bond donors (Lipinski definition) is 0. The van der Waals surface area contributed by atoms with Crippen molar-refractivity contribution in [3.63, 3.8) is 0 Å². The number of carbonyl (C=O) groups is 2. The van der Waals surface area contributed by atoms with Crippen molar-refractivity contribution < 1.29 is 18.0 Å². The SMILES string of the molecule is Cc1ccc(C(=O)Cl)cc1N1C(=O)CCS1(=O)=O. The Labute approximate surface area is 109 Å². The number of nitrogens with zero attached hydrogens (tertiary/aromatic N) is 1. The predicted octanol–water partition coefficient (Wildman–Crippen LogP) is 1.44. The molecule has 1 saturated heterocycles. The zero-order valence-corrected chi connectivity index (χ0v) is 11.1. The van der Waals surface area contributed by atoms with Crippen LogP contribution in [0, 0.1) is 6.92 Å². The molecule has 18 heavy (non-hydrogen) atoms. The maximum absolute atomic E-state index is 11.8. The molecule has 1 fully saturated rings. The van der Waals surface area contributed by atoms with Gasteiger partial charge in [-0.3, -0.25) is 9.59 Å². The molecular formula is C11H10ClNO4S. The largest absolute Gasteiger partial charge is 0.276 e. The quantitative estimate of drug-likeness (QED) is 0.772. The summed E-state index contributed by atoms with van der Waals surface area (Å²) in [5.74, 6) is -0.693. The third-order valence-electron chi connectivity index (χ3n) is 2.73. The van der Waals surface area contributed by atoms with E-state index < -0.39 is 21.2 Å². The maximum atomic E-state index is 11.8. The first-order chi connectivity index (χ1) is 8.33.